The van der Waals surface area contributed by atoms with Crippen LogP contribution in [0.3, 0.4) is 0 Å². The van der Waals surface area contributed by atoms with Crippen molar-refractivity contribution < 1.29 is 14.0 Å². The van der Waals surface area contributed by atoms with E-state index in [1.165, 1.54) is 6.26 Å². The van der Waals surface area contributed by atoms with Crippen LogP contribution in [0, 0.1) is 0 Å². The molecular formula is C21H19N3O3. The van der Waals surface area contributed by atoms with Crippen LogP contribution in [0.4, 0.5) is 0 Å². The van der Waals surface area contributed by atoms with Crippen LogP contribution < -0.4 is 0 Å². The molecule has 2 atom stereocenters. The molecule has 2 aliphatic heterocycles. The molecule has 0 aliphatic carbocycles. The molecule has 4 heterocycles. The number of carbonyl (C=O) groups is 2. The Kier molecular flexibility index (Phi) is 3.63. The van der Waals surface area contributed by atoms with Crippen LogP contribution in [0.15, 0.2) is 71.5 Å². The molecule has 0 radical (unpaired) electrons. The molecule has 2 aliphatic rings. The Morgan fingerprint density at radius 2 is 1.81 bits per heavy atom. The van der Waals surface area contributed by atoms with Gasteiger partial charge in [-0.25, -0.2) is 0 Å². The number of carbonyl (C=O) groups excluding carboxylic acids is 2. The zero-order valence-electron chi connectivity index (χ0n) is 14.7. The summed E-state index contributed by atoms with van der Waals surface area (Å²) in [6.07, 6.45) is 3.44. The van der Waals surface area contributed by atoms with Crippen LogP contribution in [-0.4, -0.2) is 45.3 Å². The van der Waals surface area contributed by atoms with Gasteiger partial charge in [0.15, 0.2) is 5.76 Å². The Balaban J connectivity index is 1.48. The highest BCUT2D eigenvalue weighted by Crippen LogP contribution is 2.35. The number of nitrogens with zero attached hydrogens (tertiary/aromatic N) is 3. The summed E-state index contributed by atoms with van der Waals surface area (Å²) in [5.41, 5.74) is 1.76. The molecule has 27 heavy (non-hydrogen) atoms. The van der Waals surface area contributed by atoms with Crippen molar-refractivity contribution in [1.29, 1.82) is 0 Å². The molecule has 1 saturated heterocycles. The lowest BCUT2D eigenvalue weighted by atomic mass is 10.0. The van der Waals surface area contributed by atoms with Crippen LogP contribution >= 0.6 is 0 Å². The minimum absolute atomic E-state index is 0.0115. The highest BCUT2D eigenvalue weighted by Gasteiger charge is 2.46. The second kappa shape index (κ2) is 6.16. The molecule has 5 rings (SSSR count). The summed E-state index contributed by atoms with van der Waals surface area (Å²) in [5, 5.41) is 0. The summed E-state index contributed by atoms with van der Waals surface area (Å²) >= 11 is 0. The second-order valence-corrected chi connectivity index (χ2v) is 7.04. The number of fused-ring (bicyclic) bond motifs is 3. The minimum atomic E-state index is -0.129. The third-order valence-electron chi connectivity index (χ3n) is 5.49. The molecule has 0 spiro atoms. The third-order valence-corrected chi connectivity index (χ3v) is 5.49. The Morgan fingerprint density at radius 1 is 1.00 bits per heavy atom. The number of hydrogen-bond donors (Lipinski definition) is 0. The quantitative estimate of drug-likeness (QED) is 0.721. The molecule has 1 aromatic carbocycles. The first kappa shape index (κ1) is 15.9. The molecule has 6 nitrogen and oxygen atoms in total. The predicted molar refractivity (Wildman–Crippen MR) is 98.2 cm³/mol. The van der Waals surface area contributed by atoms with Crippen molar-refractivity contribution in [2.45, 2.75) is 18.6 Å². The topological polar surface area (TPSA) is 58.7 Å². The Labute approximate surface area is 156 Å². The van der Waals surface area contributed by atoms with Gasteiger partial charge in [-0.3, -0.25) is 9.59 Å². The number of benzene rings is 1. The van der Waals surface area contributed by atoms with Gasteiger partial charge in [-0.1, -0.05) is 30.3 Å². The molecule has 1 fully saturated rings. The standard InChI is InChI=1S/C21H19N3O3/c25-20-16-8-4-10-23(16)17-13-22(21(26)19-9-5-11-27-19)14-18(17)24(20)12-15-6-2-1-3-7-15/h1-11,17-18H,12-14H2/t17-,18+/m1/s1. The van der Waals surface area contributed by atoms with Crippen molar-refractivity contribution in [3.63, 3.8) is 0 Å². The molecule has 3 aromatic rings. The average Bonchev–Trinajstić information content (AvgIpc) is 3.45. The predicted octanol–water partition coefficient (Wildman–Crippen LogP) is 2.80. The Hall–Kier alpha value is -3.28. The normalized spacial score (nSPS) is 21.3. The maximum atomic E-state index is 13.1. The number of aromatic nitrogens is 1. The fraction of sp³-hybridized carbons (Fsp3) is 0.238. The van der Waals surface area contributed by atoms with E-state index in [1.807, 2.05) is 58.1 Å². The van der Waals surface area contributed by atoms with E-state index < -0.39 is 0 Å². The number of furan rings is 1. The van der Waals surface area contributed by atoms with E-state index in [2.05, 4.69) is 0 Å². The van der Waals surface area contributed by atoms with Gasteiger partial charge in [0.2, 0.25) is 0 Å². The van der Waals surface area contributed by atoms with E-state index >= 15 is 0 Å². The van der Waals surface area contributed by atoms with Gasteiger partial charge in [-0.05, 0) is 29.8 Å². The average molecular weight is 361 g/mol. The largest absolute Gasteiger partial charge is 0.459 e. The Morgan fingerprint density at radius 3 is 2.59 bits per heavy atom. The summed E-state index contributed by atoms with van der Waals surface area (Å²) in [7, 11) is 0. The molecule has 0 saturated carbocycles. The van der Waals surface area contributed by atoms with Crippen molar-refractivity contribution >= 4 is 11.8 Å². The third kappa shape index (κ3) is 2.56. The fourth-order valence-corrected chi connectivity index (χ4v) is 4.20. The van der Waals surface area contributed by atoms with Crippen molar-refractivity contribution in [3.8, 4) is 0 Å². The van der Waals surface area contributed by atoms with Crippen LogP contribution in [0.2, 0.25) is 0 Å². The smallest absolute Gasteiger partial charge is 0.289 e. The van der Waals surface area contributed by atoms with E-state index in [0.29, 0.717) is 31.1 Å². The zero-order valence-corrected chi connectivity index (χ0v) is 14.7. The lowest BCUT2D eigenvalue weighted by Gasteiger charge is -2.38. The highest BCUT2D eigenvalue weighted by atomic mass is 16.3. The fourth-order valence-electron chi connectivity index (χ4n) is 4.20. The number of rotatable bonds is 3. The first-order valence-electron chi connectivity index (χ1n) is 9.07. The second-order valence-electron chi connectivity index (χ2n) is 7.04. The molecule has 6 heteroatoms. The van der Waals surface area contributed by atoms with Gasteiger partial charge in [0.05, 0.1) is 18.3 Å². The Bertz CT molecular complexity index is 977. The SMILES string of the molecule is O=C(c1ccco1)N1C[C@@H]2[C@H](C1)N(Cc1ccccc1)C(=O)c1cccn12. The first-order chi connectivity index (χ1) is 13.2. The minimum Gasteiger partial charge on any atom is -0.459 e. The van der Waals surface area contributed by atoms with E-state index in [0.717, 1.165) is 5.56 Å². The summed E-state index contributed by atoms with van der Waals surface area (Å²) in [6, 6.07) is 17.1. The number of amides is 2. The molecule has 0 bridgehead atoms. The lowest BCUT2D eigenvalue weighted by Crippen LogP contribution is -2.49. The van der Waals surface area contributed by atoms with Gasteiger partial charge in [0.25, 0.3) is 11.8 Å². The first-order valence-corrected chi connectivity index (χ1v) is 9.07. The van der Waals surface area contributed by atoms with Crippen LogP contribution in [-0.2, 0) is 6.54 Å². The summed E-state index contributed by atoms with van der Waals surface area (Å²) in [4.78, 5) is 29.6. The van der Waals surface area contributed by atoms with Gasteiger partial charge in [-0.15, -0.1) is 0 Å². The van der Waals surface area contributed by atoms with Crippen LogP contribution in [0.1, 0.15) is 32.6 Å². The summed E-state index contributed by atoms with van der Waals surface area (Å²) < 4.78 is 7.30. The lowest BCUT2D eigenvalue weighted by molar-refractivity contribution is 0.0549. The summed E-state index contributed by atoms with van der Waals surface area (Å²) in [5.74, 6) is 0.218. The van der Waals surface area contributed by atoms with Gasteiger partial charge < -0.3 is 18.8 Å². The van der Waals surface area contributed by atoms with Crippen molar-refractivity contribution in [1.82, 2.24) is 14.4 Å². The van der Waals surface area contributed by atoms with Gasteiger partial charge >= 0.3 is 0 Å². The van der Waals surface area contributed by atoms with Gasteiger partial charge in [0, 0.05) is 25.8 Å². The zero-order chi connectivity index (χ0) is 18.4. The monoisotopic (exact) mass is 361 g/mol. The van der Waals surface area contributed by atoms with E-state index in [9.17, 15) is 9.59 Å². The van der Waals surface area contributed by atoms with Crippen molar-refractivity contribution in [3.05, 3.63) is 84.1 Å². The molecule has 0 N–H and O–H groups in total. The maximum Gasteiger partial charge on any atom is 0.289 e. The maximum absolute atomic E-state index is 13.1. The van der Waals surface area contributed by atoms with Gasteiger partial charge in [0.1, 0.15) is 5.69 Å². The molecule has 0 unspecified atom stereocenters. The molecular weight excluding hydrogens is 342 g/mol. The molecule has 136 valence electrons. The van der Waals surface area contributed by atoms with Gasteiger partial charge in [-0.2, -0.15) is 0 Å². The molecule has 2 aromatic heterocycles. The molecule has 2 amide bonds. The van der Waals surface area contributed by atoms with Crippen molar-refractivity contribution in [2.24, 2.45) is 0 Å². The van der Waals surface area contributed by atoms with Crippen molar-refractivity contribution in [2.75, 3.05) is 13.1 Å². The van der Waals surface area contributed by atoms with E-state index in [-0.39, 0.29) is 23.9 Å². The summed E-state index contributed by atoms with van der Waals surface area (Å²) in [6.45, 7) is 1.60. The van der Waals surface area contributed by atoms with Crippen LogP contribution in [0.5, 0.6) is 0 Å². The number of likely N-dealkylation sites (tertiary alicyclic amines) is 1. The highest BCUT2D eigenvalue weighted by molar-refractivity contribution is 5.95. The number of hydrogen-bond acceptors (Lipinski definition) is 3. The van der Waals surface area contributed by atoms with Crippen LogP contribution in [0.25, 0.3) is 0 Å². The van der Waals surface area contributed by atoms with E-state index in [1.54, 1.807) is 17.0 Å². The van der Waals surface area contributed by atoms with E-state index in [4.69, 9.17) is 4.42 Å².